The normalized spacial score (nSPS) is 13.5. The fourth-order valence-electron chi connectivity index (χ4n) is 2.81. The van der Waals surface area contributed by atoms with Crippen LogP contribution in [-0.4, -0.2) is 16.1 Å². The van der Waals surface area contributed by atoms with Gasteiger partial charge in [0, 0.05) is 21.7 Å². The number of halogens is 1. The van der Waals surface area contributed by atoms with Crippen LogP contribution in [-0.2, 0) is 11.2 Å². The number of benzene rings is 1. The molecule has 3 aromatic rings. The van der Waals surface area contributed by atoms with E-state index in [2.05, 4.69) is 10.2 Å². The van der Waals surface area contributed by atoms with Crippen molar-refractivity contribution in [3.8, 4) is 10.4 Å². The maximum atomic E-state index is 11.8. The summed E-state index contributed by atoms with van der Waals surface area (Å²) in [4.78, 5) is 12.8. The Kier molecular flexibility index (Phi) is 4.44. The van der Waals surface area contributed by atoms with Crippen LogP contribution in [0.4, 0.5) is 0 Å². The second-order valence-corrected chi connectivity index (χ2v) is 7.37. The van der Waals surface area contributed by atoms with Gasteiger partial charge < -0.3 is 10.5 Å². The minimum absolute atomic E-state index is 0.197. The summed E-state index contributed by atoms with van der Waals surface area (Å²) < 4.78 is 5.99. The predicted octanol–water partition coefficient (Wildman–Crippen LogP) is 4.47. The van der Waals surface area contributed by atoms with Gasteiger partial charge in [0.2, 0.25) is 0 Å². The van der Waals surface area contributed by atoms with Crippen LogP contribution in [0.25, 0.3) is 20.5 Å². The zero-order valence-corrected chi connectivity index (χ0v) is 15.2. The van der Waals surface area contributed by atoms with E-state index in [1.807, 2.05) is 36.4 Å². The highest BCUT2D eigenvalue weighted by Gasteiger charge is 2.18. The Morgan fingerprint density at radius 2 is 2.08 bits per heavy atom. The highest BCUT2D eigenvalue weighted by atomic mass is 35.5. The molecule has 7 heteroatoms. The minimum atomic E-state index is -0.582. The van der Waals surface area contributed by atoms with Crippen LogP contribution in [0.2, 0.25) is 5.02 Å². The molecule has 1 aliphatic heterocycles. The number of primary amides is 1. The Balaban J connectivity index is 1.82. The molecule has 0 spiro atoms. The number of hydrogen-bond acceptors (Lipinski definition) is 5. The van der Waals surface area contributed by atoms with Gasteiger partial charge in [0.1, 0.15) is 0 Å². The molecule has 0 aliphatic carbocycles. The molecule has 0 bridgehead atoms. The highest BCUT2D eigenvalue weighted by Crippen LogP contribution is 2.37. The van der Waals surface area contributed by atoms with Crippen molar-refractivity contribution in [2.45, 2.75) is 12.8 Å². The Bertz CT molecular complexity index is 1050. The largest absolute Gasteiger partial charge is 0.473 e. The number of nitrogens with two attached hydrogens (primary N) is 1. The first kappa shape index (κ1) is 16.8. The molecule has 0 saturated carbocycles. The van der Waals surface area contributed by atoms with Gasteiger partial charge in [-0.25, -0.2) is 0 Å². The van der Waals surface area contributed by atoms with Crippen molar-refractivity contribution in [2.75, 3.05) is 0 Å². The molecule has 3 heterocycles. The van der Waals surface area contributed by atoms with Crippen LogP contribution in [0.3, 0.4) is 0 Å². The minimum Gasteiger partial charge on any atom is -0.473 e. The summed E-state index contributed by atoms with van der Waals surface area (Å²) in [7, 11) is 0. The molecule has 130 valence electrons. The van der Waals surface area contributed by atoms with Crippen molar-refractivity contribution in [3.63, 3.8) is 0 Å². The van der Waals surface area contributed by atoms with Crippen LogP contribution in [0.15, 0.2) is 54.5 Å². The van der Waals surface area contributed by atoms with Crippen molar-refractivity contribution >= 4 is 38.9 Å². The molecule has 0 saturated heterocycles. The molecule has 1 amide bonds. The maximum absolute atomic E-state index is 11.8. The van der Waals surface area contributed by atoms with Gasteiger partial charge in [0.15, 0.2) is 5.69 Å². The summed E-state index contributed by atoms with van der Waals surface area (Å²) in [5.74, 6) is -0.582. The molecule has 4 rings (SSSR count). The molecule has 0 radical (unpaired) electrons. The SMILES string of the molecule is NC(=O)c1nnc(CC2=COC=CC2)c2cc(-c3ccc(Cl)cc3)sc12. The molecule has 0 atom stereocenters. The van der Waals surface area contributed by atoms with Gasteiger partial charge in [-0.15, -0.1) is 16.4 Å². The Morgan fingerprint density at radius 1 is 1.27 bits per heavy atom. The second kappa shape index (κ2) is 6.90. The lowest BCUT2D eigenvalue weighted by molar-refractivity contribution is 0.0996. The number of thiophene rings is 1. The third-order valence-corrected chi connectivity index (χ3v) is 5.52. The number of carbonyl (C=O) groups excluding carboxylic acids is 1. The Hall–Kier alpha value is -2.70. The van der Waals surface area contributed by atoms with Gasteiger partial charge >= 0.3 is 0 Å². The lowest BCUT2D eigenvalue weighted by atomic mass is 10.0. The summed E-state index contributed by atoms with van der Waals surface area (Å²) >= 11 is 7.45. The van der Waals surface area contributed by atoms with Gasteiger partial charge in [0.25, 0.3) is 5.91 Å². The van der Waals surface area contributed by atoms with E-state index in [4.69, 9.17) is 22.1 Å². The second-order valence-electron chi connectivity index (χ2n) is 5.88. The average Bonchev–Trinajstić information content (AvgIpc) is 3.09. The lowest BCUT2D eigenvalue weighted by Gasteiger charge is -2.09. The number of ether oxygens (including phenoxy) is 1. The number of allylic oxidation sites excluding steroid dienone is 2. The van der Waals surface area contributed by atoms with E-state index in [1.54, 1.807) is 12.5 Å². The molecule has 2 aromatic heterocycles. The molecular weight excluding hydrogens is 370 g/mol. The smallest absolute Gasteiger partial charge is 0.270 e. The summed E-state index contributed by atoms with van der Waals surface area (Å²) in [5, 5.41) is 9.89. The molecule has 2 N–H and O–H groups in total. The Morgan fingerprint density at radius 3 is 2.77 bits per heavy atom. The van der Waals surface area contributed by atoms with Gasteiger partial charge in [0.05, 0.1) is 22.9 Å². The van der Waals surface area contributed by atoms with Crippen molar-refractivity contribution in [2.24, 2.45) is 5.73 Å². The van der Waals surface area contributed by atoms with Gasteiger partial charge in [-0.2, -0.15) is 5.10 Å². The van der Waals surface area contributed by atoms with Crippen molar-refractivity contribution in [1.82, 2.24) is 10.2 Å². The fraction of sp³-hybridized carbons (Fsp3) is 0.105. The first-order valence-corrected chi connectivity index (χ1v) is 9.14. The van der Waals surface area contributed by atoms with E-state index in [1.165, 1.54) is 11.3 Å². The highest BCUT2D eigenvalue weighted by molar-refractivity contribution is 7.22. The average molecular weight is 384 g/mol. The number of carbonyl (C=O) groups is 1. The van der Waals surface area contributed by atoms with Gasteiger partial charge in [-0.3, -0.25) is 4.79 Å². The van der Waals surface area contributed by atoms with E-state index in [0.29, 0.717) is 11.4 Å². The quantitative estimate of drug-likeness (QED) is 0.720. The first-order chi connectivity index (χ1) is 12.6. The van der Waals surface area contributed by atoms with Crippen molar-refractivity contribution in [3.05, 3.63) is 70.9 Å². The maximum Gasteiger partial charge on any atom is 0.270 e. The number of nitrogens with zero attached hydrogens (tertiary/aromatic N) is 2. The molecule has 26 heavy (non-hydrogen) atoms. The number of amides is 1. The summed E-state index contributed by atoms with van der Waals surface area (Å²) in [5.41, 5.74) is 8.59. The standard InChI is InChI=1S/C19H14ClN3O2S/c20-13-5-3-12(4-6-13)16-9-14-15(8-11-2-1-7-25-10-11)22-23-17(19(21)24)18(14)26-16/h1,3-7,9-10H,2,8H2,(H2,21,24). The van der Waals surface area contributed by atoms with Gasteiger partial charge in [-0.05, 0) is 41.8 Å². The molecule has 1 aromatic carbocycles. The summed E-state index contributed by atoms with van der Waals surface area (Å²) in [6, 6.07) is 9.59. The van der Waals surface area contributed by atoms with Crippen LogP contribution in [0.1, 0.15) is 22.6 Å². The Labute approximate surface area is 158 Å². The molecule has 5 nitrogen and oxygen atoms in total. The fourth-order valence-corrected chi connectivity index (χ4v) is 4.11. The monoisotopic (exact) mass is 383 g/mol. The first-order valence-electron chi connectivity index (χ1n) is 7.95. The predicted molar refractivity (Wildman–Crippen MR) is 103 cm³/mol. The molecule has 1 aliphatic rings. The van der Waals surface area contributed by atoms with Crippen molar-refractivity contribution < 1.29 is 9.53 Å². The third-order valence-electron chi connectivity index (χ3n) is 4.07. The molecular formula is C19H14ClN3O2S. The zero-order valence-electron chi connectivity index (χ0n) is 13.6. The summed E-state index contributed by atoms with van der Waals surface area (Å²) in [6.45, 7) is 0. The van der Waals surface area contributed by atoms with E-state index >= 15 is 0 Å². The third kappa shape index (κ3) is 3.21. The van der Waals surface area contributed by atoms with E-state index in [9.17, 15) is 4.79 Å². The van der Waals surface area contributed by atoms with Crippen LogP contribution >= 0.6 is 22.9 Å². The summed E-state index contributed by atoms with van der Waals surface area (Å²) in [6.07, 6.45) is 6.73. The van der Waals surface area contributed by atoms with Crippen LogP contribution in [0, 0.1) is 0 Å². The van der Waals surface area contributed by atoms with Crippen molar-refractivity contribution in [1.29, 1.82) is 0 Å². The molecule has 0 fully saturated rings. The number of aromatic nitrogens is 2. The van der Waals surface area contributed by atoms with E-state index < -0.39 is 5.91 Å². The number of fused-ring (bicyclic) bond motifs is 1. The van der Waals surface area contributed by atoms with Gasteiger partial charge in [-0.1, -0.05) is 23.7 Å². The van der Waals surface area contributed by atoms with Crippen LogP contribution < -0.4 is 5.73 Å². The zero-order chi connectivity index (χ0) is 18.1. The molecule has 0 unspecified atom stereocenters. The topological polar surface area (TPSA) is 78.1 Å². The van der Waals surface area contributed by atoms with Crippen LogP contribution in [0.5, 0.6) is 0 Å². The number of rotatable bonds is 4. The van der Waals surface area contributed by atoms with E-state index in [0.717, 1.165) is 38.2 Å². The number of hydrogen-bond donors (Lipinski definition) is 1. The van der Waals surface area contributed by atoms with E-state index in [-0.39, 0.29) is 5.69 Å². The lowest BCUT2D eigenvalue weighted by Crippen LogP contribution is -2.15.